The van der Waals surface area contributed by atoms with Crippen LogP contribution in [0.2, 0.25) is 10.0 Å². The first-order valence-electron chi connectivity index (χ1n) is 10.7. The third kappa shape index (κ3) is 6.74. The predicted molar refractivity (Wildman–Crippen MR) is 143 cm³/mol. The number of hydrogen-bond acceptors (Lipinski definition) is 5. The number of hydrogen-bond donors (Lipinski definition) is 1. The lowest BCUT2D eigenvalue weighted by atomic mass is 10.2. The first-order chi connectivity index (χ1) is 16.8. The molecule has 0 saturated carbocycles. The van der Waals surface area contributed by atoms with Crippen LogP contribution < -0.4 is 4.72 Å². The smallest absolute Gasteiger partial charge is 0.234 e. The molecule has 0 aliphatic rings. The van der Waals surface area contributed by atoms with E-state index in [1.807, 2.05) is 60.7 Å². The average molecular weight is 546 g/mol. The molecule has 1 unspecified atom stereocenters. The zero-order valence-electron chi connectivity index (χ0n) is 18.7. The molecule has 6 nitrogen and oxygen atoms in total. The number of sulfonamides is 1. The third-order valence-electron chi connectivity index (χ3n) is 4.99. The van der Waals surface area contributed by atoms with Gasteiger partial charge in [-0.3, -0.25) is 4.57 Å². The highest BCUT2D eigenvalue weighted by atomic mass is 35.5. The molecule has 0 amide bonds. The second-order valence-electron chi connectivity index (χ2n) is 7.64. The Bertz CT molecular complexity index is 1430. The maximum absolute atomic E-state index is 12.8. The molecule has 0 spiro atoms. The molecular formula is C25H22Cl2N4O2S2. The van der Waals surface area contributed by atoms with Crippen molar-refractivity contribution in [2.75, 3.05) is 0 Å². The van der Waals surface area contributed by atoms with Gasteiger partial charge in [-0.2, -0.15) is 0 Å². The van der Waals surface area contributed by atoms with E-state index in [1.54, 1.807) is 29.7 Å². The van der Waals surface area contributed by atoms with E-state index in [0.29, 0.717) is 32.5 Å². The largest absolute Gasteiger partial charge is 0.271 e. The first kappa shape index (κ1) is 25.5. The minimum absolute atomic E-state index is 0.390. The van der Waals surface area contributed by atoms with Gasteiger partial charge in [0.1, 0.15) is 0 Å². The van der Waals surface area contributed by atoms with Gasteiger partial charge < -0.3 is 0 Å². The lowest BCUT2D eigenvalue weighted by Gasteiger charge is -2.16. The zero-order valence-corrected chi connectivity index (χ0v) is 21.8. The molecule has 0 fully saturated rings. The molecule has 1 atom stereocenters. The van der Waals surface area contributed by atoms with Crippen LogP contribution in [0.3, 0.4) is 0 Å². The first-order valence-corrected chi connectivity index (χ1v) is 13.9. The van der Waals surface area contributed by atoms with Crippen molar-refractivity contribution in [3.8, 4) is 5.69 Å². The molecule has 180 valence electrons. The van der Waals surface area contributed by atoms with Crippen LogP contribution in [0.15, 0.2) is 89.4 Å². The summed E-state index contributed by atoms with van der Waals surface area (Å²) in [6.07, 6.45) is 1.54. The van der Waals surface area contributed by atoms with Gasteiger partial charge in [0.05, 0.1) is 16.8 Å². The predicted octanol–water partition coefficient (Wildman–Crippen LogP) is 6.52. The van der Waals surface area contributed by atoms with Crippen LogP contribution >= 0.6 is 35.0 Å². The SMILES string of the molecule is CC(NS(=O)(=O)C=Cc1ccccc1)c1nnc(SCc2ccccc2)n1-c1cc(Cl)ccc1Cl. The number of rotatable bonds is 9. The summed E-state index contributed by atoms with van der Waals surface area (Å²) in [6.45, 7) is 1.71. The van der Waals surface area contributed by atoms with Gasteiger partial charge in [-0.1, -0.05) is 95.6 Å². The van der Waals surface area contributed by atoms with Crippen LogP contribution in [0.1, 0.15) is 29.9 Å². The van der Waals surface area contributed by atoms with Gasteiger partial charge in [-0.05, 0) is 42.3 Å². The standard InChI is InChI=1S/C25H22Cl2N4O2S2/c1-18(30-35(32,33)15-14-19-8-4-2-5-9-19)24-28-29-25(34-17-20-10-6-3-7-11-20)31(24)23-16-21(26)12-13-22(23)27/h2-16,18,30H,17H2,1H3. The highest BCUT2D eigenvalue weighted by Gasteiger charge is 2.24. The van der Waals surface area contributed by atoms with Crippen molar-refractivity contribution in [2.45, 2.75) is 23.9 Å². The lowest BCUT2D eigenvalue weighted by molar-refractivity contribution is 0.564. The minimum atomic E-state index is -3.77. The Morgan fingerprint density at radius 2 is 1.69 bits per heavy atom. The maximum atomic E-state index is 12.8. The second kappa shape index (κ2) is 11.4. The number of halogens is 2. The summed E-state index contributed by atoms with van der Waals surface area (Å²) >= 11 is 14.2. The zero-order chi connectivity index (χ0) is 24.8. The van der Waals surface area contributed by atoms with Crippen LogP contribution in [-0.4, -0.2) is 23.2 Å². The number of benzene rings is 3. The molecule has 0 bridgehead atoms. The van der Waals surface area contributed by atoms with E-state index in [2.05, 4.69) is 14.9 Å². The Labute approximate surface area is 219 Å². The van der Waals surface area contributed by atoms with Gasteiger partial charge in [-0.25, -0.2) is 13.1 Å². The number of aromatic nitrogens is 3. The summed E-state index contributed by atoms with van der Waals surface area (Å²) in [5.41, 5.74) is 2.46. The Morgan fingerprint density at radius 1 is 1.00 bits per heavy atom. The molecule has 1 N–H and O–H groups in total. The summed E-state index contributed by atoms with van der Waals surface area (Å²) in [7, 11) is -3.77. The van der Waals surface area contributed by atoms with Crippen LogP contribution in [0, 0.1) is 0 Å². The molecule has 1 heterocycles. The van der Waals surface area contributed by atoms with E-state index < -0.39 is 16.1 Å². The molecule has 1 aromatic heterocycles. The molecule has 10 heteroatoms. The highest BCUT2D eigenvalue weighted by Crippen LogP contribution is 2.32. The Kier molecular flexibility index (Phi) is 8.30. The quantitative estimate of drug-likeness (QED) is 0.243. The van der Waals surface area contributed by atoms with Crippen LogP contribution in [0.4, 0.5) is 0 Å². The summed E-state index contributed by atoms with van der Waals surface area (Å²) in [4.78, 5) is 0. The van der Waals surface area contributed by atoms with E-state index in [4.69, 9.17) is 23.2 Å². The molecule has 0 saturated heterocycles. The Hall–Kier alpha value is -2.62. The Balaban J connectivity index is 1.65. The van der Waals surface area contributed by atoms with Crippen LogP contribution in [-0.2, 0) is 15.8 Å². The Morgan fingerprint density at radius 3 is 2.40 bits per heavy atom. The van der Waals surface area contributed by atoms with Crippen LogP contribution in [0.25, 0.3) is 11.8 Å². The summed E-state index contributed by atoms with van der Waals surface area (Å²) in [5, 5.41) is 11.3. The molecule has 0 aliphatic heterocycles. The molecule has 35 heavy (non-hydrogen) atoms. The molecule has 4 rings (SSSR count). The molecule has 4 aromatic rings. The molecule has 0 radical (unpaired) electrons. The van der Waals surface area contributed by atoms with E-state index in [-0.39, 0.29) is 0 Å². The number of nitrogens with zero attached hydrogens (tertiary/aromatic N) is 3. The van der Waals surface area contributed by atoms with Crippen molar-refractivity contribution in [1.29, 1.82) is 0 Å². The maximum Gasteiger partial charge on any atom is 0.234 e. The van der Waals surface area contributed by atoms with Crippen molar-refractivity contribution in [1.82, 2.24) is 19.5 Å². The van der Waals surface area contributed by atoms with Crippen molar-refractivity contribution in [2.24, 2.45) is 0 Å². The fourth-order valence-corrected chi connectivity index (χ4v) is 5.62. The van der Waals surface area contributed by atoms with Crippen molar-refractivity contribution < 1.29 is 8.42 Å². The lowest BCUT2D eigenvalue weighted by Crippen LogP contribution is -2.27. The average Bonchev–Trinajstić information content (AvgIpc) is 3.28. The van der Waals surface area contributed by atoms with Gasteiger partial charge in [0.2, 0.25) is 10.0 Å². The topological polar surface area (TPSA) is 76.9 Å². The van der Waals surface area contributed by atoms with Crippen LogP contribution in [0.5, 0.6) is 0 Å². The van der Waals surface area contributed by atoms with E-state index >= 15 is 0 Å². The number of nitrogens with one attached hydrogen (secondary N) is 1. The molecule has 0 aliphatic carbocycles. The minimum Gasteiger partial charge on any atom is -0.271 e. The van der Waals surface area contributed by atoms with Crippen molar-refractivity contribution >= 4 is 51.1 Å². The van der Waals surface area contributed by atoms with E-state index in [9.17, 15) is 8.42 Å². The second-order valence-corrected chi connectivity index (χ2v) is 11.0. The van der Waals surface area contributed by atoms with Crippen molar-refractivity contribution in [3.63, 3.8) is 0 Å². The van der Waals surface area contributed by atoms with E-state index in [0.717, 1.165) is 16.5 Å². The monoisotopic (exact) mass is 544 g/mol. The molecule has 3 aromatic carbocycles. The van der Waals surface area contributed by atoms with E-state index in [1.165, 1.54) is 17.8 Å². The highest BCUT2D eigenvalue weighted by molar-refractivity contribution is 7.98. The van der Waals surface area contributed by atoms with Gasteiger partial charge >= 0.3 is 0 Å². The normalized spacial score (nSPS) is 12.8. The van der Waals surface area contributed by atoms with Crippen molar-refractivity contribution in [3.05, 3.63) is 111 Å². The van der Waals surface area contributed by atoms with Gasteiger partial charge in [0, 0.05) is 16.2 Å². The fourth-order valence-electron chi connectivity index (χ4n) is 3.33. The van der Waals surface area contributed by atoms with Gasteiger partial charge in [0.25, 0.3) is 0 Å². The fraction of sp³-hybridized carbons (Fsp3) is 0.120. The third-order valence-corrected chi connectivity index (χ3v) is 7.72. The summed E-state index contributed by atoms with van der Waals surface area (Å²) < 4.78 is 29.9. The molecular weight excluding hydrogens is 523 g/mol. The van der Waals surface area contributed by atoms with Gasteiger partial charge in [0.15, 0.2) is 11.0 Å². The summed E-state index contributed by atoms with van der Waals surface area (Å²) in [6, 6.07) is 23.5. The van der Waals surface area contributed by atoms with Gasteiger partial charge in [-0.15, -0.1) is 10.2 Å². The summed E-state index contributed by atoms with van der Waals surface area (Å²) in [5.74, 6) is 1.04. The number of thioether (sulfide) groups is 1.